The number of anilines is 2. The second-order valence-corrected chi connectivity index (χ2v) is 4.76. The fourth-order valence-electron chi connectivity index (χ4n) is 2.32. The number of hydrogen-bond donors (Lipinski definition) is 1. The molecule has 100 valence electrons. The summed E-state index contributed by atoms with van der Waals surface area (Å²) in [5.41, 5.74) is 2.02. The monoisotopic (exact) mass is 258 g/mol. The lowest BCUT2D eigenvalue weighted by molar-refractivity contribution is 0.498. The Morgan fingerprint density at radius 3 is 2.47 bits per heavy atom. The van der Waals surface area contributed by atoms with Gasteiger partial charge < -0.3 is 14.6 Å². The quantitative estimate of drug-likeness (QED) is 0.917. The SMILES string of the molecule is CNc1ccc(-c2nnc(N3CCCCC3)o2)cc1. The first kappa shape index (κ1) is 12.0. The van der Waals surface area contributed by atoms with Crippen LogP contribution in [0.15, 0.2) is 28.7 Å². The van der Waals surface area contributed by atoms with Gasteiger partial charge in [0.1, 0.15) is 0 Å². The summed E-state index contributed by atoms with van der Waals surface area (Å²) in [6.45, 7) is 2.03. The number of aromatic nitrogens is 2. The van der Waals surface area contributed by atoms with Gasteiger partial charge in [0.25, 0.3) is 0 Å². The molecule has 5 nitrogen and oxygen atoms in total. The van der Waals surface area contributed by atoms with Crippen LogP contribution in [0.4, 0.5) is 11.7 Å². The van der Waals surface area contributed by atoms with E-state index in [1.807, 2.05) is 31.3 Å². The third-order valence-electron chi connectivity index (χ3n) is 3.46. The van der Waals surface area contributed by atoms with Crippen molar-refractivity contribution in [3.63, 3.8) is 0 Å². The second kappa shape index (κ2) is 5.30. The van der Waals surface area contributed by atoms with Crippen molar-refractivity contribution in [1.29, 1.82) is 0 Å². The van der Waals surface area contributed by atoms with Crippen molar-refractivity contribution in [2.45, 2.75) is 19.3 Å². The zero-order valence-electron chi connectivity index (χ0n) is 11.1. The molecule has 1 aromatic heterocycles. The Kier molecular flexibility index (Phi) is 3.35. The Labute approximate surface area is 112 Å². The maximum Gasteiger partial charge on any atom is 0.318 e. The van der Waals surface area contributed by atoms with Crippen molar-refractivity contribution < 1.29 is 4.42 Å². The molecular weight excluding hydrogens is 240 g/mol. The van der Waals surface area contributed by atoms with Gasteiger partial charge in [0.05, 0.1) is 0 Å². The molecule has 1 aliphatic rings. The molecule has 0 spiro atoms. The molecule has 0 radical (unpaired) electrons. The summed E-state index contributed by atoms with van der Waals surface area (Å²) in [4.78, 5) is 2.17. The molecule has 1 aromatic carbocycles. The molecule has 1 saturated heterocycles. The van der Waals surface area contributed by atoms with Gasteiger partial charge in [-0.2, -0.15) is 0 Å². The molecule has 0 unspecified atom stereocenters. The first-order valence-corrected chi connectivity index (χ1v) is 6.73. The summed E-state index contributed by atoms with van der Waals surface area (Å²) in [6.07, 6.45) is 3.70. The third-order valence-corrected chi connectivity index (χ3v) is 3.46. The van der Waals surface area contributed by atoms with Crippen LogP contribution >= 0.6 is 0 Å². The maximum absolute atomic E-state index is 5.77. The van der Waals surface area contributed by atoms with Crippen molar-refractivity contribution in [2.75, 3.05) is 30.4 Å². The zero-order valence-corrected chi connectivity index (χ0v) is 11.1. The van der Waals surface area contributed by atoms with Gasteiger partial charge in [-0.1, -0.05) is 5.10 Å². The summed E-state index contributed by atoms with van der Waals surface area (Å²) in [5.74, 6) is 0.586. The Hall–Kier alpha value is -2.04. The van der Waals surface area contributed by atoms with E-state index in [0.717, 1.165) is 24.3 Å². The van der Waals surface area contributed by atoms with Crippen molar-refractivity contribution >= 4 is 11.7 Å². The van der Waals surface area contributed by atoms with Gasteiger partial charge in [0.15, 0.2) is 0 Å². The highest BCUT2D eigenvalue weighted by atomic mass is 16.4. The second-order valence-electron chi connectivity index (χ2n) is 4.76. The Morgan fingerprint density at radius 2 is 1.79 bits per heavy atom. The minimum absolute atomic E-state index is 0.586. The van der Waals surface area contributed by atoms with Crippen LogP contribution in [0.25, 0.3) is 11.5 Å². The molecule has 2 aromatic rings. The number of hydrogen-bond acceptors (Lipinski definition) is 5. The molecular formula is C14H18N4O. The topological polar surface area (TPSA) is 54.2 Å². The normalized spacial score (nSPS) is 15.5. The maximum atomic E-state index is 5.77. The van der Waals surface area contributed by atoms with Crippen LogP contribution in [-0.2, 0) is 0 Å². The van der Waals surface area contributed by atoms with Gasteiger partial charge in [-0.3, -0.25) is 0 Å². The van der Waals surface area contributed by atoms with E-state index in [9.17, 15) is 0 Å². The first-order valence-electron chi connectivity index (χ1n) is 6.73. The summed E-state index contributed by atoms with van der Waals surface area (Å²) in [6, 6.07) is 8.62. The summed E-state index contributed by atoms with van der Waals surface area (Å²) in [5, 5.41) is 11.4. The van der Waals surface area contributed by atoms with E-state index >= 15 is 0 Å². The lowest BCUT2D eigenvalue weighted by Crippen LogP contribution is -2.29. The molecule has 0 saturated carbocycles. The van der Waals surface area contributed by atoms with Crippen molar-refractivity contribution in [2.24, 2.45) is 0 Å². The van der Waals surface area contributed by atoms with E-state index < -0.39 is 0 Å². The minimum atomic E-state index is 0.586. The molecule has 0 amide bonds. The minimum Gasteiger partial charge on any atom is -0.403 e. The van der Waals surface area contributed by atoms with E-state index in [1.165, 1.54) is 19.3 Å². The van der Waals surface area contributed by atoms with Crippen LogP contribution in [0.2, 0.25) is 0 Å². The predicted octanol–water partition coefficient (Wildman–Crippen LogP) is 2.77. The van der Waals surface area contributed by atoms with Crippen molar-refractivity contribution in [1.82, 2.24) is 10.2 Å². The number of nitrogens with one attached hydrogen (secondary N) is 1. The summed E-state index contributed by atoms with van der Waals surface area (Å²) in [7, 11) is 1.90. The predicted molar refractivity (Wildman–Crippen MR) is 75.3 cm³/mol. The van der Waals surface area contributed by atoms with Crippen molar-refractivity contribution in [3.8, 4) is 11.5 Å². The molecule has 5 heteroatoms. The molecule has 0 bridgehead atoms. The fraction of sp³-hybridized carbons (Fsp3) is 0.429. The van der Waals surface area contributed by atoms with E-state index in [4.69, 9.17) is 4.42 Å². The third kappa shape index (κ3) is 2.54. The van der Waals surface area contributed by atoms with Gasteiger partial charge >= 0.3 is 6.01 Å². The molecule has 19 heavy (non-hydrogen) atoms. The zero-order chi connectivity index (χ0) is 13.1. The highest BCUT2D eigenvalue weighted by Crippen LogP contribution is 2.24. The van der Waals surface area contributed by atoms with Crippen LogP contribution in [0.1, 0.15) is 19.3 Å². The smallest absolute Gasteiger partial charge is 0.318 e. The van der Waals surface area contributed by atoms with Gasteiger partial charge in [-0.15, -0.1) is 5.10 Å². The fourth-order valence-corrected chi connectivity index (χ4v) is 2.32. The van der Waals surface area contributed by atoms with E-state index in [2.05, 4.69) is 20.4 Å². The average Bonchev–Trinajstić information content (AvgIpc) is 2.98. The highest BCUT2D eigenvalue weighted by molar-refractivity contribution is 5.58. The average molecular weight is 258 g/mol. The number of nitrogens with zero attached hydrogens (tertiary/aromatic N) is 3. The summed E-state index contributed by atoms with van der Waals surface area (Å²) < 4.78 is 5.77. The van der Waals surface area contributed by atoms with Crippen LogP contribution in [-0.4, -0.2) is 30.3 Å². The Bertz CT molecular complexity index is 529. The summed E-state index contributed by atoms with van der Waals surface area (Å²) >= 11 is 0. The lowest BCUT2D eigenvalue weighted by Gasteiger charge is -2.24. The largest absolute Gasteiger partial charge is 0.403 e. The standard InChI is InChI=1S/C14H18N4O/c1-15-12-7-5-11(6-8-12)13-16-17-14(19-13)18-9-3-2-4-10-18/h5-8,15H,2-4,9-10H2,1H3. The Morgan fingerprint density at radius 1 is 1.05 bits per heavy atom. The van der Waals surface area contributed by atoms with Gasteiger partial charge in [0.2, 0.25) is 5.89 Å². The Balaban J connectivity index is 1.79. The first-order chi connectivity index (χ1) is 9.36. The molecule has 2 heterocycles. The molecule has 1 fully saturated rings. The lowest BCUT2D eigenvalue weighted by atomic mass is 10.1. The molecule has 0 atom stereocenters. The van der Waals surface area contributed by atoms with Crippen LogP contribution in [0.3, 0.4) is 0 Å². The van der Waals surface area contributed by atoms with E-state index in [0.29, 0.717) is 11.9 Å². The molecule has 3 rings (SSSR count). The number of benzene rings is 1. The molecule has 0 aliphatic carbocycles. The number of rotatable bonds is 3. The van der Waals surface area contributed by atoms with Crippen LogP contribution < -0.4 is 10.2 Å². The van der Waals surface area contributed by atoms with Gasteiger partial charge in [0, 0.05) is 31.4 Å². The van der Waals surface area contributed by atoms with Gasteiger partial charge in [-0.05, 0) is 43.5 Å². The van der Waals surface area contributed by atoms with Crippen LogP contribution in [0, 0.1) is 0 Å². The van der Waals surface area contributed by atoms with Crippen molar-refractivity contribution in [3.05, 3.63) is 24.3 Å². The van der Waals surface area contributed by atoms with E-state index in [-0.39, 0.29) is 0 Å². The van der Waals surface area contributed by atoms with Crippen LogP contribution in [0.5, 0.6) is 0 Å². The highest BCUT2D eigenvalue weighted by Gasteiger charge is 2.17. The van der Waals surface area contributed by atoms with E-state index in [1.54, 1.807) is 0 Å². The molecule has 1 aliphatic heterocycles. The van der Waals surface area contributed by atoms with Gasteiger partial charge in [-0.25, -0.2) is 0 Å². The molecule has 1 N–H and O–H groups in total. The number of piperidine rings is 1.